The van der Waals surface area contributed by atoms with Gasteiger partial charge in [0, 0.05) is 5.56 Å². The van der Waals surface area contributed by atoms with Crippen molar-refractivity contribution in [2.45, 2.75) is 76.9 Å². The lowest BCUT2D eigenvalue weighted by molar-refractivity contribution is -0.149. The lowest BCUT2D eigenvalue weighted by Gasteiger charge is -2.41. The Kier molecular flexibility index (Phi) is 11.1. The van der Waals surface area contributed by atoms with Crippen LogP contribution in [-0.2, 0) is 31.5 Å². The van der Waals surface area contributed by atoms with E-state index in [4.69, 9.17) is 23.4 Å². The Morgan fingerprint density at radius 2 is 1.51 bits per heavy atom. The fourth-order valence-corrected chi connectivity index (χ4v) is 6.46. The molecule has 242 valence electrons. The molecule has 9 heteroatoms. The number of carbonyl (C=O) groups excluding carboxylic acids is 2. The van der Waals surface area contributed by atoms with Gasteiger partial charge in [-0.1, -0.05) is 81.4 Å². The van der Waals surface area contributed by atoms with Gasteiger partial charge in [-0.15, -0.1) is 0 Å². The van der Waals surface area contributed by atoms with Crippen molar-refractivity contribution in [1.82, 2.24) is 4.90 Å². The highest BCUT2D eigenvalue weighted by molar-refractivity contribution is 6.74. The van der Waals surface area contributed by atoms with Gasteiger partial charge in [-0.3, -0.25) is 4.79 Å². The van der Waals surface area contributed by atoms with Crippen LogP contribution in [0.5, 0.6) is 11.5 Å². The van der Waals surface area contributed by atoms with Gasteiger partial charge in [-0.05, 0) is 66.7 Å². The second kappa shape index (κ2) is 14.6. The molecule has 0 radical (unpaired) electrons. The molecule has 3 aromatic carbocycles. The lowest BCUT2D eigenvalue weighted by atomic mass is 9.99. The highest BCUT2D eigenvalue weighted by Gasteiger charge is 2.48. The van der Waals surface area contributed by atoms with Crippen molar-refractivity contribution < 1.29 is 33.0 Å². The Balaban J connectivity index is 1.80. The summed E-state index contributed by atoms with van der Waals surface area (Å²) < 4.78 is 30.5. The Hall–Kier alpha value is -3.66. The van der Waals surface area contributed by atoms with E-state index >= 15 is 0 Å². The number of carbonyl (C=O) groups is 2. The topological polar surface area (TPSA) is 83.5 Å². The molecule has 3 atom stereocenters. The standard InChI is InChI=1S/C36H47NO7Si/c1-25-30(40-5)22-28(23-31(25)41-6)32(44-45(7,8)36(2,3)4)33(42-20-19-26-15-11-9-12-16-26)34(38)37-29(24-43-35(37)39)21-27-17-13-10-14-18-27/h9-18,22-23,29,32-33H,19-21,24H2,1-8H3/t29?,32-,33-/m1/s1. The third-order valence-electron chi connectivity index (χ3n) is 8.89. The van der Waals surface area contributed by atoms with Crippen molar-refractivity contribution in [2.75, 3.05) is 27.4 Å². The van der Waals surface area contributed by atoms with Crippen LogP contribution in [0.3, 0.4) is 0 Å². The zero-order chi connectivity index (χ0) is 32.8. The number of nitrogens with zero attached hydrogens (tertiary/aromatic N) is 1. The minimum atomic E-state index is -2.51. The number of benzene rings is 3. The summed E-state index contributed by atoms with van der Waals surface area (Å²) in [4.78, 5) is 29.1. The van der Waals surface area contributed by atoms with Crippen LogP contribution in [0.1, 0.15) is 49.1 Å². The molecule has 4 rings (SSSR count). The van der Waals surface area contributed by atoms with E-state index in [2.05, 4.69) is 33.9 Å². The number of cyclic esters (lactones) is 1. The fourth-order valence-electron chi connectivity index (χ4n) is 5.21. The number of rotatable bonds is 13. The summed E-state index contributed by atoms with van der Waals surface area (Å²) in [5.74, 6) is 0.714. The zero-order valence-corrected chi connectivity index (χ0v) is 28.8. The van der Waals surface area contributed by atoms with E-state index in [0.717, 1.165) is 16.7 Å². The Morgan fingerprint density at radius 1 is 0.956 bits per heavy atom. The maximum atomic E-state index is 14.7. The van der Waals surface area contributed by atoms with Crippen LogP contribution in [0.4, 0.5) is 4.79 Å². The molecule has 1 heterocycles. The van der Waals surface area contributed by atoms with Crippen LogP contribution >= 0.6 is 0 Å². The van der Waals surface area contributed by atoms with Crippen molar-refractivity contribution in [1.29, 1.82) is 0 Å². The van der Waals surface area contributed by atoms with Gasteiger partial charge >= 0.3 is 6.09 Å². The molecule has 0 saturated carbocycles. The molecule has 0 spiro atoms. The van der Waals surface area contributed by atoms with Crippen molar-refractivity contribution in [3.05, 3.63) is 95.1 Å². The predicted molar refractivity (Wildman–Crippen MR) is 177 cm³/mol. The lowest BCUT2D eigenvalue weighted by Crippen LogP contribution is -2.51. The number of hydrogen-bond acceptors (Lipinski definition) is 7. The number of imide groups is 1. The summed E-state index contributed by atoms with van der Waals surface area (Å²) in [6.07, 6.45) is -1.64. The average Bonchev–Trinajstić information content (AvgIpc) is 3.38. The average molecular weight is 634 g/mol. The van der Waals surface area contributed by atoms with E-state index < -0.39 is 38.6 Å². The third kappa shape index (κ3) is 8.14. The summed E-state index contributed by atoms with van der Waals surface area (Å²) >= 11 is 0. The Bertz CT molecular complexity index is 1410. The first-order chi connectivity index (χ1) is 21.4. The van der Waals surface area contributed by atoms with Crippen molar-refractivity contribution in [3.8, 4) is 11.5 Å². The summed E-state index contributed by atoms with van der Waals surface area (Å²) in [5, 5.41) is -0.176. The monoisotopic (exact) mass is 633 g/mol. The number of hydrogen-bond donors (Lipinski definition) is 0. The minimum absolute atomic E-state index is 0.107. The largest absolute Gasteiger partial charge is 0.496 e. The molecule has 1 aliphatic rings. The third-order valence-corrected chi connectivity index (χ3v) is 13.3. The quantitative estimate of drug-likeness (QED) is 0.183. The highest BCUT2D eigenvalue weighted by atomic mass is 28.4. The molecule has 1 unspecified atom stereocenters. The molecule has 0 N–H and O–H groups in total. The Morgan fingerprint density at radius 3 is 2.04 bits per heavy atom. The summed E-state index contributed by atoms with van der Waals surface area (Å²) in [7, 11) is 0.685. The van der Waals surface area contributed by atoms with Gasteiger partial charge in [-0.25, -0.2) is 9.69 Å². The smallest absolute Gasteiger partial charge is 0.417 e. The molecule has 8 nitrogen and oxygen atoms in total. The van der Waals surface area contributed by atoms with Crippen molar-refractivity contribution in [3.63, 3.8) is 0 Å². The Labute approximate surface area is 268 Å². The summed E-state index contributed by atoms with van der Waals surface area (Å²) in [6.45, 7) is 13.0. The van der Waals surface area contributed by atoms with Gasteiger partial charge in [0.05, 0.1) is 26.9 Å². The molecular weight excluding hydrogens is 586 g/mol. The van der Waals surface area contributed by atoms with E-state index in [9.17, 15) is 9.59 Å². The van der Waals surface area contributed by atoms with Gasteiger partial charge in [0.1, 0.15) is 24.2 Å². The van der Waals surface area contributed by atoms with Gasteiger partial charge < -0.3 is 23.4 Å². The summed E-state index contributed by atoms with van der Waals surface area (Å²) in [5.41, 5.74) is 3.58. The van der Waals surface area contributed by atoms with E-state index in [1.54, 1.807) is 14.2 Å². The maximum absolute atomic E-state index is 14.7. The predicted octanol–water partition coefficient (Wildman–Crippen LogP) is 7.29. The van der Waals surface area contributed by atoms with Crippen molar-refractivity contribution >= 4 is 20.3 Å². The van der Waals surface area contributed by atoms with Gasteiger partial charge in [-0.2, -0.15) is 0 Å². The van der Waals surface area contributed by atoms with Crippen LogP contribution < -0.4 is 9.47 Å². The second-order valence-electron chi connectivity index (χ2n) is 13.0. The number of amides is 2. The van der Waals surface area contributed by atoms with Crippen molar-refractivity contribution in [2.24, 2.45) is 0 Å². The van der Waals surface area contributed by atoms with Crippen LogP contribution in [0.25, 0.3) is 0 Å². The summed E-state index contributed by atoms with van der Waals surface area (Å²) in [6, 6.07) is 23.0. The first-order valence-electron chi connectivity index (χ1n) is 15.5. The molecule has 0 bridgehead atoms. The van der Waals surface area contributed by atoms with Crippen LogP contribution in [-0.4, -0.2) is 64.8 Å². The van der Waals surface area contributed by atoms with Crippen LogP contribution in [0.2, 0.25) is 18.1 Å². The molecule has 45 heavy (non-hydrogen) atoms. The molecule has 1 aliphatic heterocycles. The van der Waals surface area contributed by atoms with Gasteiger partial charge in [0.15, 0.2) is 14.4 Å². The van der Waals surface area contributed by atoms with E-state index in [1.807, 2.05) is 79.7 Å². The maximum Gasteiger partial charge on any atom is 0.417 e. The van der Waals surface area contributed by atoms with Gasteiger partial charge in [0.2, 0.25) is 0 Å². The molecule has 0 aliphatic carbocycles. The molecule has 1 saturated heterocycles. The first kappa shape index (κ1) is 34.2. The van der Waals surface area contributed by atoms with E-state index in [-0.39, 0.29) is 18.3 Å². The zero-order valence-electron chi connectivity index (χ0n) is 27.8. The molecule has 2 amide bonds. The molecule has 1 fully saturated rings. The number of methoxy groups -OCH3 is 2. The minimum Gasteiger partial charge on any atom is -0.496 e. The molecule has 0 aromatic heterocycles. The van der Waals surface area contributed by atoms with Crippen LogP contribution in [0.15, 0.2) is 72.8 Å². The second-order valence-corrected chi connectivity index (χ2v) is 17.8. The fraction of sp³-hybridized carbons (Fsp3) is 0.444. The van der Waals surface area contributed by atoms with E-state index in [1.165, 1.54) is 4.90 Å². The highest BCUT2D eigenvalue weighted by Crippen LogP contribution is 2.43. The van der Waals surface area contributed by atoms with Crippen LogP contribution in [0, 0.1) is 6.92 Å². The number of ether oxygens (including phenoxy) is 4. The molecule has 3 aromatic rings. The molecular formula is C36H47NO7Si. The first-order valence-corrected chi connectivity index (χ1v) is 18.4. The van der Waals surface area contributed by atoms with E-state index in [0.29, 0.717) is 29.9 Å². The SMILES string of the molecule is COc1cc([C@@H](O[Si](C)(C)C(C)(C)C)[C@@H](OCCc2ccccc2)C(=O)N2C(=O)OCC2Cc2ccccc2)cc(OC)c1C. The normalized spacial score (nSPS) is 16.7. The van der Waals surface area contributed by atoms with Gasteiger partial charge in [0.25, 0.3) is 5.91 Å².